The fraction of sp³-hybridized carbons (Fsp3) is 0.250. The highest BCUT2D eigenvalue weighted by Gasteiger charge is 2.12. The third-order valence-corrected chi connectivity index (χ3v) is 3.54. The van der Waals surface area contributed by atoms with Gasteiger partial charge in [-0.05, 0) is 38.0 Å². The van der Waals surface area contributed by atoms with Crippen LogP contribution in [0.4, 0.5) is 11.5 Å². The van der Waals surface area contributed by atoms with Crippen LogP contribution in [0.25, 0.3) is 0 Å². The van der Waals surface area contributed by atoms with E-state index < -0.39 is 0 Å². The van der Waals surface area contributed by atoms with Crippen LogP contribution in [-0.4, -0.2) is 17.9 Å². The Kier molecular flexibility index (Phi) is 4.48. The van der Waals surface area contributed by atoms with E-state index in [9.17, 15) is 4.79 Å². The first-order valence-electron chi connectivity index (χ1n) is 6.65. The molecule has 0 atom stereocenters. The van der Waals surface area contributed by atoms with Gasteiger partial charge in [-0.3, -0.25) is 4.79 Å². The van der Waals surface area contributed by atoms with Crippen molar-refractivity contribution in [3.05, 3.63) is 51.7 Å². The average molecular weight is 304 g/mol. The number of hydrogen-bond acceptors (Lipinski definition) is 3. The Morgan fingerprint density at radius 3 is 2.29 bits per heavy atom. The molecule has 1 aromatic heterocycles. The lowest BCUT2D eigenvalue weighted by Crippen LogP contribution is -2.14. The summed E-state index contributed by atoms with van der Waals surface area (Å²) >= 11 is 6.05. The zero-order chi connectivity index (χ0) is 15.6. The second kappa shape index (κ2) is 6.14. The van der Waals surface area contributed by atoms with Crippen molar-refractivity contribution in [3.8, 4) is 0 Å². The molecule has 0 spiro atoms. The number of aryl methyl sites for hydroxylation is 3. The van der Waals surface area contributed by atoms with Crippen molar-refractivity contribution in [2.24, 2.45) is 0 Å². The highest BCUT2D eigenvalue weighted by Crippen LogP contribution is 2.24. The topological polar surface area (TPSA) is 54.0 Å². The number of halogens is 1. The number of pyridine rings is 1. The van der Waals surface area contributed by atoms with E-state index in [1.165, 1.54) is 11.8 Å². The van der Waals surface area contributed by atoms with Crippen molar-refractivity contribution in [2.75, 3.05) is 17.7 Å². The molecule has 0 saturated heterocycles. The number of nitrogens with one attached hydrogen (secondary N) is 2. The van der Waals surface area contributed by atoms with Crippen LogP contribution >= 0.6 is 11.6 Å². The minimum atomic E-state index is -0.220. The minimum absolute atomic E-state index is 0.220. The Balaban J connectivity index is 2.28. The van der Waals surface area contributed by atoms with Crippen LogP contribution in [0, 0.1) is 20.8 Å². The molecule has 2 aromatic rings. The molecular formula is C16H18ClN3O. The first-order valence-corrected chi connectivity index (χ1v) is 7.02. The maximum atomic E-state index is 12.3. The van der Waals surface area contributed by atoms with Crippen molar-refractivity contribution in [2.45, 2.75) is 20.8 Å². The molecule has 2 N–H and O–H groups in total. The Morgan fingerprint density at radius 1 is 1.14 bits per heavy atom. The van der Waals surface area contributed by atoms with Gasteiger partial charge < -0.3 is 10.6 Å². The molecule has 0 aliphatic rings. The molecule has 110 valence electrons. The monoisotopic (exact) mass is 303 g/mol. The molecule has 0 radical (unpaired) electrons. The lowest BCUT2D eigenvalue weighted by Gasteiger charge is -2.13. The van der Waals surface area contributed by atoms with E-state index in [1.807, 2.05) is 32.9 Å². The minimum Gasteiger partial charge on any atom is -0.372 e. The van der Waals surface area contributed by atoms with Crippen LogP contribution < -0.4 is 10.6 Å². The molecule has 0 saturated carbocycles. The standard InChI is InChI=1S/C16H18ClN3O/c1-9-5-10(2)14(11(3)6-9)20-16(21)12-7-13(17)15(18-4)19-8-12/h5-8H,1-4H3,(H,18,19)(H,20,21). The summed E-state index contributed by atoms with van der Waals surface area (Å²) < 4.78 is 0. The molecule has 0 bridgehead atoms. The van der Waals surface area contributed by atoms with Gasteiger partial charge in [0.05, 0.1) is 10.6 Å². The van der Waals surface area contributed by atoms with E-state index in [-0.39, 0.29) is 5.91 Å². The van der Waals surface area contributed by atoms with E-state index in [2.05, 4.69) is 15.6 Å². The molecule has 0 unspecified atom stereocenters. The van der Waals surface area contributed by atoms with Crippen molar-refractivity contribution >= 4 is 29.0 Å². The maximum Gasteiger partial charge on any atom is 0.257 e. The highest BCUT2D eigenvalue weighted by molar-refractivity contribution is 6.33. The zero-order valence-corrected chi connectivity index (χ0v) is 13.3. The Labute approximate surface area is 129 Å². The Hall–Kier alpha value is -2.07. The van der Waals surface area contributed by atoms with E-state index in [0.29, 0.717) is 16.4 Å². The molecular weight excluding hydrogens is 286 g/mol. The van der Waals surface area contributed by atoms with Gasteiger partial charge in [-0.1, -0.05) is 29.3 Å². The number of anilines is 2. The van der Waals surface area contributed by atoms with Gasteiger partial charge in [0.1, 0.15) is 5.82 Å². The van der Waals surface area contributed by atoms with Gasteiger partial charge in [0.25, 0.3) is 5.91 Å². The van der Waals surface area contributed by atoms with Crippen LogP contribution in [-0.2, 0) is 0 Å². The number of hydrogen-bond donors (Lipinski definition) is 2. The second-order valence-electron chi connectivity index (χ2n) is 5.03. The van der Waals surface area contributed by atoms with Crippen molar-refractivity contribution in [1.82, 2.24) is 4.98 Å². The molecule has 0 aliphatic heterocycles. The van der Waals surface area contributed by atoms with Crippen LogP contribution in [0.2, 0.25) is 5.02 Å². The summed E-state index contributed by atoms with van der Waals surface area (Å²) in [4.78, 5) is 16.4. The fourth-order valence-electron chi connectivity index (χ4n) is 2.31. The molecule has 5 heteroatoms. The second-order valence-corrected chi connectivity index (χ2v) is 5.44. The summed E-state index contributed by atoms with van der Waals surface area (Å²) in [5.41, 5.74) is 4.50. The lowest BCUT2D eigenvalue weighted by molar-refractivity contribution is 0.102. The summed E-state index contributed by atoms with van der Waals surface area (Å²) in [6, 6.07) is 5.68. The predicted molar refractivity (Wildman–Crippen MR) is 87.4 cm³/mol. The van der Waals surface area contributed by atoms with Gasteiger partial charge in [0.2, 0.25) is 0 Å². The third-order valence-electron chi connectivity index (χ3n) is 3.26. The first kappa shape index (κ1) is 15.3. The smallest absolute Gasteiger partial charge is 0.257 e. The molecule has 1 aromatic carbocycles. The molecule has 2 rings (SSSR count). The van der Waals surface area contributed by atoms with Gasteiger partial charge in [0, 0.05) is 18.9 Å². The summed E-state index contributed by atoms with van der Waals surface area (Å²) in [5.74, 6) is 0.331. The molecule has 1 heterocycles. The van der Waals surface area contributed by atoms with Gasteiger partial charge in [0.15, 0.2) is 0 Å². The predicted octanol–water partition coefficient (Wildman–Crippen LogP) is 3.95. The van der Waals surface area contributed by atoms with Gasteiger partial charge in [-0.15, -0.1) is 0 Å². The number of aromatic nitrogens is 1. The first-order chi connectivity index (χ1) is 9.92. The SMILES string of the molecule is CNc1ncc(C(=O)Nc2c(C)cc(C)cc2C)cc1Cl. The fourth-order valence-corrected chi connectivity index (χ4v) is 2.57. The van der Waals surface area contributed by atoms with E-state index in [0.717, 1.165) is 16.8 Å². The number of carbonyl (C=O) groups excluding carboxylic acids is 1. The van der Waals surface area contributed by atoms with Crippen LogP contribution in [0.3, 0.4) is 0 Å². The quantitative estimate of drug-likeness (QED) is 0.902. The molecule has 0 fully saturated rings. The van der Waals surface area contributed by atoms with Gasteiger partial charge >= 0.3 is 0 Å². The van der Waals surface area contributed by atoms with Crippen LogP contribution in [0.15, 0.2) is 24.4 Å². The Bertz CT molecular complexity index is 675. The molecule has 1 amide bonds. The van der Waals surface area contributed by atoms with Crippen LogP contribution in [0.1, 0.15) is 27.0 Å². The maximum absolute atomic E-state index is 12.3. The number of amides is 1. The largest absolute Gasteiger partial charge is 0.372 e. The van der Waals surface area contributed by atoms with E-state index >= 15 is 0 Å². The zero-order valence-electron chi connectivity index (χ0n) is 12.5. The third kappa shape index (κ3) is 3.34. The summed E-state index contributed by atoms with van der Waals surface area (Å²) in [7, 11) is 1.73. The highest BCUT2D eigenvalue weighted by atomic mass is 35.5. The number of rotatable bonds is 3. The molecule has 21 heavy (non-hydrogen) atoms. The Morgan fingerprint density at radius 2 is 1.76 bits per heavy atom. The summed E-state index contributed by atoms with van der Waals surface area (Å²) in [6.07, 6.45) is 1.51. The van der Waals surface area contributed by atoms with Crippen molar-refractivity contribution < 1.29 is 4.79 Å². The number of carbonyl (C=O) groups is 1. The van der Waals surface area contributed by atoms with E-state index in [1.54, 1.807) is 13.1 Å². The average Bonchev–Trinajstić information content (AvgIpc) is 2.42. The molecule has 0 aliphatic carbocycles. The number of nitrogens with zero attached hydrogens (tertiary/aromatic N) is 1. The number of benzene rings is 1. The van der Waals surface area contributed by atoms with Gasteiger partial charge in [-0.25, -0.2) is 4.98 Å². The van der Waals surface area contributed by atoms with E-state index in [4.69, 9.17) is 11.6 Å². The van der Waals surface area contributed by atoms with Crippen LogP contribution in [0.5, 0.6) is 0 Å². The summed E-state index contributed by atoms with van der Waals surface area (Å²) in [5, 5.41) is 6.21. The normalized spacial score (nSPS) is 10.3. The summed E-state index contributed by atoms with van der Waals surface area (Å²) in [6.45, 7) is 5.99. The van der Waals surface area contributed by atoms with Gasteiger partial charge in [-0.2, -0.15) is 0 Å². The molecule has 4 nitrogen and oxygen atoms in total. The lowest BCUT2D eigenvalue weighted by atomic mass is 10.0. The van der Waals surface area contributed by atoms with Crippen molar-refractivity contribution in [3.63, 3.8) is 0 Å². The van der Waals surface area contributed by atoms with Crippen molar-refractivity contribution in [1.29, 1.82) is 0 Å².